The van der Waals surface area contributed by atoms with Gasteiger partial charge in [-0.15, -0.1) is 0 Å². The van der Waals surface area contributed by atoms with Crippen LogP contribution in [0.4, 0.5) is 0 Å². The third-order valence-electron chi connectivity index (χ3n) is 2.97. The third kappa shape index (κ3) is 4.03. The Morgan fingerprint density at radius 3 is 2.85 bits per heavy atom. The number of hydrogen-bond acceptors (Lipinski definition) is 4. The first-order valence-electron chi connectivity index (χ1n) is 6.65. The van der Waals surface area contributed by atoms with Crippen molar-refractivity contribution in [2.75, 3.05) is 40.6 Å². The highest BCUT2D eigenvalue weighted by atomic mass is 16.7. The van der Waals surface area contributed by atoms with Gasteiger partial charge < -0.3 is 24.8 Å². The SMILES string of the molecule is CN=C(NCCOC)NCCc1ccc2c(c1)OCO2. The number of ether oxygens (including phenoxy) is 3. The molecule has 0 aromatic heterocycles. The van der Waals surface area contributed by atoms with E-state index in [0.29, 0.717) is 13.4 Å². The quantitative estimate of drug-likeness (QED) is 0.457. The van der Waals surface area contributed by atoms with Crippen LogP contribution in [0.25, 0.3) is 0 Å². The highest BCUT2D eigenvalue weighted by molar-refractivity contribution is 5.79. The Hall–Kier alpha value is -1.95. The minimum atomic E-state index is 0.313. The third-order valence-corrected chi connectivity index (χ3v) is 2.97. The molecule has 6 heteroatoms. The van der Waals surface area contributed by atoms with E-state index in [1.807, 2.05) is 12.1 Å². The summed E-state index contributed by atoms with van der Waals surface area (Å²) in [5.74, 6) is 2.42. The molecule has 1 heterocycles. The Balaban J connectivity index is 1.74. The van der Waals surface area contributed by atoms with Crippen LogP contribution in [0.2, 0.25) is 0 Å². The summed E-state index contributed by atoms with van der Waals surface area (Å²) in [5, 5.41) is 6.42. The van der Waals surface area contributed by atoms with Crippen LogP contribution in [0, 0.1) is 0 Å². The number of guanidine groups is 1. The summed E-state index contributed by atoms with van der Waals surface area (Å²) in [4.78, 5) is 4.14. The molecule has 2 rings (SSSR count). The zero-order valence-corrected chi connectivity index (χ0v) is 11.9. The topological polar surface area (TPSA) is 64.1 Å². The first-order valence-corrected chi connectivity index (χ1v) is 6.65. The van der Waals surface area contributed by atoms with Gasteiger partial charge >= 0.3 is 0 Å². The summed E-state index contributed by atoms with van der Waals surface area (Å²) in [6.07, 6.45) is 0.890. The zero-order valence-electron chi connectivity index (χ0n) is 11.9. The summed E-state index contributed by atoms with van der Waals surface area (Å²) in [6.45, 7) is 2.50. The van der Waals surface area contributed by atoms with Crippen LogP contribution in [-0.2, 0) is 11.2 Å². The lowest BCUT2D eigenvalue weighted by Crippen LogP contribution is -2.39. The summed E-state index contributed by atoms with van der Waals surface area (Å²) < 4.78 is 15.6. The van der Waals surface area contributed by atoms with Crippen LogP contribution in [0.3, 0.4) is 0 Å². The van der Waals surface area contributed by atoms with Crippen LogP contribution in [0.1, 0.15) is 5.56 Å². The number of nitrogens with one attached hydrogen (secondary N) is 2. The van der Waals surface area contributed by atoms with E-state index in [-0.39, 0.29) is 0 Å². The second-order valence-electron chi connectivity index (χ2n) is 4.36. The van der Waals surface area contributed by atoms with E-state index in [4.69, 9.17) is 14.2 Å². The smallest absolute Gasteiger partial charge is 0.231 e. The van der Waals surface area contributed by atoms with Gasteiger partial charge in [-0.3, -0.25) is 4.99 Å². The van der Waals surface area contributed by atoms with E-state index < -0.39 is 0 Å². The van der Waals surface area contributed by atoms with Crippen molar-refractivity contribution >= 4 is 5.96 Å². The molecule has 6 nitrogen and oxygen atoms in total. The van der Waals surface area contributed by atoms with E-state index in [1.54, 1.807) is 14.2 Å². The van der Waals surface area contributed by atoms with Crippen molar-refractivity contribution in [1.29, 1.82) is 0 Å². The van der Waals surface area contributed by atoms with Crippen LogP contribution >= 0.6 is 0 Å². The highest BCUT2D eigenvalue weighted by Gasteiger charge is 2.12. The fraction of sp³-hybridized carbons (Fsp3) is 0.500. The van der Waals surface area contributed by atoms with Gasteiger partial charge in [0.25, 0.3) is 0 Å². The molecule has 0 spiro atoms. The second-order valence-corrected chi connectivity index (χ2v) is 4.36. The first-order chi connectivity index (χ1) is 9.83. The molecule has 0 atom stereocenters. The van der Waals surface area contributed by atoms with Crippen molar-refractivity contribution in [3.8, 4) is 11.5 Å². The molecule has 0 amide bonds. The number of hydrogen-bond donors (Lipinski definition) is 2. The lowest BCUT2D eigenvalue weighted by atomic mass is 10.1. The van der Waals surface area contributed by atoms with E-state index in [9.17, 15) is 0 Å². The standard InChI is InChI=1S/C14H21N3O3/c1-15-14(17-7-8-18-2)16-6-5-11-3-4-12-13(9-11)20-10-19-12/h3-4,9H,5-8,10H2,1-2H3,(H2,15,16,17). The van der Waals surface area contributed by atoms with Crippen molar-refractivity contribution in [2.24, 2.45) is 4.99 Å². The number of aliphatic imine (C=N–C) groups is 1. The molecule has 0 fully saturated rings. The molecule has 110 valence electrons. The van der Waals surface area contributed by atoms with Crippen molar-refractivity contribution < 1.29 is 14.2 Å². The molecular formula is C14H21N3O3. The Kier molecular flexibility index (Phi) is 5.49. The number of rotatable bonds is 6. The maximum atomic E-state index is 5.36. The van der Waals surface area contributed by atoms with E-state index in [0.717, 1.165) is 37.0 Å². The lowest BCUT2D eigenvalue weighted by Gasteiger charge is -2.11. The van der Waals surface area contributed by atoms with Gasteiger partial charge in [-0.25, -0.2) is 0 Å². The molecule has 1 aliphatic heterocycles. The number of methoxy groups -OCH3 is 1. The maximum absolute atomic E-state index is 5.36. The molecule has 0 saturated heterocycles. The minimum Gasteiger partial charge on any atom is -0.454 e. The Morgan fingerprint density at radius 2 is 2.05 bits per heavy atom. The molecule has 1 aromatic carbocycles. The van der Waals surface area contributed by atoms with E-state index in [2.05, 4.69) is 21.7 Å². The molecule has 0 aliphatic carbocycles. The molecule has 0 saturated carbocycles. The highest BCUT2D eigenvalue weighted by Crippen LogP contribution is 2.32. The lowest BCUT2D eigenvalue weighted by molar-refractivity contribution is 0.174. The average molecular weight is 279 g/mol. The van der Waals surface area contributed by atoms with Crippen LogP contribution in [0.5, 0.6) is 11.5 Å². The van der Waals surface area contributed by atoms with Crippen LogP contribution in [-0.4, -0.2) is 46.6 Å². The van der Waals surface area contributed by atoms with Gasteiger partial charge in [-0.2, -0.15) is 0 Å². The van der Waals surface area contributed by atoms with Crippen molar-refractivity contribution in [1.82, 2.24) is 10.6 Å². The van der Waals surface area contributed by atoms with Gasteiger partial charge in [-0.05, 0) is 24.1 Å². The molecule has 1 aromatic rings. The Bertz CT molecular complexity index is 463. The summed E-state index contributed by atoms with van der Waals surface area (Å²) in [7, 11) is 3.43. The van der Waals surface area contributed by atoms with Gasteiger partial charge in [0.2, 0.25) is 6.79 Å². The number of nitrogens with zero attached hydrogens (tertiary/aromatic N) is 1. The van der Waals surface area contributed by atoms with E-state index >= 15 is 0 Å². The predicted molar refractivity (Wildman–Crippen MR) is 77.5 cm³/mol. The predicted octanol–water partition coefficient (Wildman–Crippen LogP) is 0.769. The van der Waals surface area contributed by atoms with Crippen LogP contribution in [0.15, 0.2) is 23.2 Å². The average Bonchev–Trinajstić information content (AvgIpc) is 2.93. The molecule has 2 N–H and O–H groups in total. The van der Waals surface area contributed by atoms with Crippen molar-refractivity contribution in [3.05, 3.63) is 23.8 Å². The molecule has 0 bridgehead atoms. The zero-order chi connectivity index (χ0) is 14.2. The van der Waals surface area contributed by atoms with Gasteiger partial charge in [0.1, 0.15) is 0 Å². The molecule has 20 heavy (non-hydrogen) atoms. The maximum Gasteiger partial charge on any atom is 0.231 e. The Labute approximate surface area is 119 Å². The molecule has 0 unspecified atom stereocenters. The monoisotopic (exact) mass is 279 g/mol. The number of fused-ring (bicyclic) bond motifs is 1. The summed E-state index contributed by atoms with van der Waals surface area (Å²) in [5.41, 5.74) is 1.20. The van der Waals surface area contributed by atoms with Gasteiger partial charge in [0.15, 0.2) is 17.5 Å². The number of benzene rings is 1. The molecule has 1 aliphatic rings. The van der Waals surface area contributed by atoms with E-state index in [1.165, 1.54) is 5.56 Å². The summed E-state index contributed by atoms with van der Waals surface area (Å²) >= 11 is 0. The largest absolute Gasteiger partial charge is 0.454 e. The van der Waals surface area contributed by atoms with Gasteiger partial charge in [0, 0.05) is 27.2 Å². The van der Waals surface area contributed by atoms with Crippen molar-refractivity contribution in [3.63, 3.8) is 0 Å². The molecule has 0 radical (unpaired) electrons. The van der Waals surface area contributed by atoms with Crippen LogP contribution < -0.4 is 20.1 Å². The van der Waals surface area contributed by atoms with Gasteiger partial charge in [0.05, 0.1) is 6.61 Å². The first kappa shape index (κ1) is 14.5. The van der Waals surface area contributed by atoms with Crippen molar-refractivity contribution in [2.45, 2.75) is 6.42 Å². The second kappa shape index (κ2) is 7.59. The molecular weight excluding hydrogens is 258 g/mol. The van der Waals surface area contributed by atoms with Gasteiger partial charge in [-0.1, -0.05) is 6.07 Å². The fourth-order valence-electron chi connectivity index (χ4n) is 1.91. The minimum absolute atomic E-state index is 0.313. The Morgan fingerprint density at radius 1 is 1.25 bits per heavy atom. The fourth-order valence-corrected chi connectivity index (χ4v) is 1.91. The normalized spacial score (nSPS) is 13.4. The summed E-state index contributed by atoms with van der Waals surface area (Å²) in [6, 6.07) is 6.02.